The molecule has 118 valence electrons. The Kier molecular flexibility index (Phi) is 6.02. The number of carbonyl (C=O) groups is 1. The van der Waals surface area contributed by atoms with E-state index in [-0.39, 0.29) is 5.91 Å². The van der Waals surface area contributed by atoms with Crippen molar-refractivity contribution in [3.05, 3.63) is 42.0 Å². The van der Waals surface area contributed by atoms with Crippen molar-refractivity contribution in [2.24, 2.45) is 0 Å². The van der Waals surface area contributed by atoms with Gasteiger partial charge in [-0.2, -0.15) is 0 Å². The van der Waals surface area contributed by atoms with Gasteiger partial charge in [-0.15, -0.1) is 0 Å². The quantitative estimate of drug-likeness (QED) is 0.792. The van der Waals surface area contributed by atoms with Crippen LogP contribution in [0.15, 0.2) is 25.0 Å². The van der Waals surface area contributed by atoms with Crippen molar-refractivity contribution in [3.8, 4) is 0 Å². The van der Waals surface area contributed by atoms with Gasteiger partial charge in [0, 0.05) is 26.0 Å². The summed E-state index contributed by atoms with van der Waals surface area (Å²) in [4.78, 5) is 24.6. The van der Waals surface area contributed by atoms with Crippen molar-refractivity contribution in [2.45, 2.75) is 32.9 Å². The number of aromatic nitrogens is 4. The number of imidazole rings is 1. The molecule has 0 atom stereocenters. The van der Waals surface area contributed by atoms with Gasteiger partial charge in [-0.1, -0.05) is 13.3 Å². The van der Waals surface area contributed by atoms with Crippen molar-refractivity contribution >= 4 is 5.91 Å². The van der Waals surface area contributed by atoms with Gasteiger partial charge in [0.25, 0.3) is 5.91 Å². The molecular formula is C15H21N5O2. The first-order chi connectivity index (χ1) is 10.8. The summed E-state index contributed by atoms with van der Waals surface area (Å²) in [7, 11) is 1.66. The molecule has 2 rings (SSSR count). The molecule has 0 radical (unpaired) electrons. The number of ether oxygens (including phenoxy) is 1. The van der Waals surface area contributed by atoms with Crippen molar-refractivity contribution in [3.63, 3.8) is 0 Å². The zero-order chi connectivity index (χ0) is 15.8. The summed E-state index contributed by atoms with van der Waals surface area (Å²) in [5.74, 6) is -0.163. The fraction of sp³-hybridized carbons (Fsp3) is 0.467. The van der Waals surface area contributed by atoms with E-state index in [0.717, 1.165) is 24.2 Å². The van der Waals surface area contributed by atoms with Gasteiger partial charge in [0.1, 0.15) is 6.33 Å². The summed E-state index contributed by atoms with van der Waals surface area (Å²) in [6.07, 6.45) is 8.20. The molecule has 0 bridgehead atoms. The van der Waals surface area contributed by atoms with Crippen LogP contribution in [0.3, 0.4) is 0 Å². The second-order valence-electron chi connectivity index (χ2n) is 4.89. The van der Waals surface area contributed by atoms with Gasteiger partial charge in [0.05, 0.1) is 36.4 Å². The van der Waals surface area contributed by atoms with Crippen LogP contribution in [0.25, 0.3) is 0 Å². The van der Waals surface area contributed by atoms with E-state index in [4.69, 9.17) is 4.74 Å². The molecule has 22 heavy (non-hydrogen) atoms. The number of nitrogens with one attached hydrogen (secondary N) is 1. The summed E-state index contributed by atoms with van der Waals surface area (Å²) >= 11 is 0. The van der Waals surface area contributed by atoms with Crippen molar-refractivity contribution in [1.82, 2.24) is 24.8 Å². The van der Waals surface area contributed by atoms with Crippen LogP contribution in [0.2, 0.25) is 0 Å². The first-order valence-electron chi connectivity index (χ1n) is 7.31. The third-order valence-electron chi connectivity index (χ3n) is 3.29. The van der Waals surface area contributed by atoms with Crippen LogP contribution < -0.4 is 5.32 Å². The third-order valence-corrected chi connectivity index (χ3v) is 3.29. The predicted octanol–water partition coefficient (Wildman–Crippen LogP) is 1.20. The highest BCUT2D eigenvalue weighted by Gasteiger charge is 2.13. The Hall–Kier alpha value is -2.28. The van der Waals surface area contributed by atoms with Crippen molar-refractivity contribution in [1.29, 1.82) is 0 Å². The van der Waals surface area contributed by atoms with E-state index in [1.165, 1.54) is 6.33 Å². The van der Waals surface area contributed by atoms with E-state index in [9.17, 15) is 4.79 Å². The minimum absolute atomic E-state index is 0.163. The first kappa shape index (κ1) is 16.1. The molecule has 7 nitrogen and oxygen atoms in total. The molecule has 0 spiro atoms. The normalized spacial score (nSPS) is 10.6. The summed E-state index contributed by atoms with van der Waals surface area (Å²) in [6.45, 7) is 3.77. The highest BCUT2D eigenvalue weighted by atomic mass is 16.5. The number of hydrogen-bond donors (Lipinski definition) is 1. The van der Waals surface area contributed by atoms with Crippen LogP contribution in [-0.4, -0.2) is 39.1 Å². The van der Waals surface area contributed by atoms with E-state index in [1.807, 2.05) is 4.57 Å². The Morgan fingerprint density at radius 2 is 2.23 bits per heavy atom. The molecule has 7 heteroatoms. The highest BCUT2D eigenvalue weighted by Crippen LogP contribution is 2.07. The lowest BCUT2D eigenvalue weighted by molar-refractivity contribution is 0.0948. The molecule has 2 aromatic heterocycles. The maximum absolute atomic E-state index is 12.3. The number of carbonyl (C=O) groups excluding carboxylic acids is 1. The average Bonchev–Trinajstić information content (AvgIpc) is 2.99. The zero-order valence-corrected chi connectivity index (χ0v) is 13.0. The summed E-state index contributed by atoms with van der Waals surface area (Å²) in [5, 5.41) is 2.90. The lowest BCUT2D eigenvalue weighted by Gasteiger charge is -2.10. The molecule has 0 aliphatic heterocycles. The Morgan fingerprint density at radius 1 is 1.36 bits per heavy atom. The number of rotatable bonds is 8. The maximum atomic E-state index is 12.3. The second-order valence-corrected chi connectivity index (χ2v) is 4.89. The van der Waals surface area contributed by atoms with E-state index in [2.05, 4.69) is 27.2 Å². The SMILES string of the molecule is CCCc1ncncc1C(=O)NCc1cncn1CCOC. The smallest absolute Gasteiger partial charge is 0.255 e. The lowest BCUT2D eigenvalue weighted by Crippen LogP contribution is -2.26. The molecule has 2 aromatic rings. The first-order valence-corrected chi connectivity index (χ1v) is 7.31. The minimum Gasteiger partial charge on any atom is -0.383 e. The summed E-state index contributed by atoms with van der Waals surface area (Å²) in [6, 6.07) is 0. The Labute approximate surface area is 129 Å². The third kappa shape index (κ3) is 4.11. The minimum atomic E-state index is -0.163. The number of hydrogen-bond acceptors (Lipinski definition) is 5. The largest absolute Gasteiger partial charge is 0.383 e. The molecule has 0 aliphatic carbocycles. The fourth-order valence-electron chi connectivity index (χ4n) is 2.13. The van der Waals surface area contributed by atoms with Crippen molar-refractivity contribution < 1.29 is 9.53 Å². The molecule has 2 heterocycles. The zero-order valence-electron chi connectivity index (χ0n) is 13.0. The lowest BCUT2D eigenvalue weighted by atomic mass is 10.1. The van der Waals surface area contributed by atoms with Crippen LogP contribution in [0.5, 0.6) is 0 Å². The van der Waals surface area contributed by atoms with Gasteiger partial charge >= 0.3 is 0 Å². The second kappa shape index (κ2) is 8.23. The van der Waals surface area contributed by atoms with E-state index < -0.39 is 0 Å². The van der Waals surface area contributed by atoms with Crippen LogP contribution in [0.4, 0.5) is 0 Å². The van der Waals surface area contributed by atoms with Gasteiger partial charge < -0.3 is 14.6 Å². The summed E-state index contributed by atoms with van der Waals surface area (Å²) < 4.78 is 7.01. The number of aryl methyl sites for hydroxylation is 1. The fourth-order valence-corrected chi connectivity index (χ4v) is 2.13. The Balaban J connectivity index is 2.00. The molecule has 0 unspecified atom stereocenters. The van der Waals surface area contributed by atoms with Crippen LogP contribution in [-0.2, 0) is 24.2 Å². The van der Waals surface area contributed by atoms with Crippen LogP contribution >= 0.6 is 0 Å². The van der Waals surface area contributed by atoms with Gasteiger partial charge in [-0.05, 0) is 6.42 Å². The molecule has 0 saturated heterocycles. The van der Waals surface area contributed by atoms with Gasteiger partial charge in [-0.3, -0.25) is 4.79 Å². The van der Waals surface area contributed by atoms with Gasteiger partial charge in [-0.25, -0.2) is 15.0 Å². The predicted molar refractivity (Wildman–Crippen MR) is 81.3 cm³/mol. The van der Waals surface area contributed by atoms with Crippen LogP contribution in [0, 0.1) is 0 Å². The average molecular weight is 303 g/mol. The van der Waals surface area contributed by atoms with E-state index >= 15 is 0 Å². The Bertz CT molecular complexity index is 611. The summed E-state index contributed by atoms with van der Waals surface area (Å²) in [5.41, 5.74) is 2.24. The number of methoxy groups -OCH3 is 1. The molecule has 0 fully saturated rings. The molecular weight excluding hydrogens is 282 g/mol. The molecule has 0 saturated carbocycles. The number of amides is 1. The Morgan fingerprint density at radius 3 is 3.00 bits per heavy atom. The topological polar surface area (TPSA) is 81.9 Å². The van der Waals surface area contributed by atoms with Crippen LogP contribution in [0.1, 0.15) is 35.1 Å². The molecule has 0 aromatic carbocycles. The van der Waals surface area contributed by atoms with Gasteiger partial charge in [0.15, 0.2) is 0 Å². The molecule has 1 amide bonds. The van der Waals surface area contributed by atoms with E-state index in [0.29, 0.717) is 25.3 Å². The van der Waals surface area contributed by atoms with Gasteiger partial charge in [0.2, 0.25) is 0 Å². The van der Waals surface area contributed by atoms with Crippen molar-refractivity contribution in [2.75, 3.05) is 13.7 Å². The monoisotopic (exact) mass is 303 g/mol. The molecule has 0 aliphatic rings. The molecule has 1 N–H and O–H groups in total. The maximum Gasteiger partial charge on any atom is 0.255 e. The number of nitrogens with zero attached hydrogens (tertiary/aromatic N) is 4. The standard InChI is InChI=1S/C15H21N5O2/c1-3-4-14-13(9-16-10-19-14)15(21)18-8-12-7-17-11-20(12)5-6-22-2/h7,9-11H,3-6,8H2,1-2H3,(H,18,21). The highest BCUT2D eigenvalue weighted by molar-refractivity contribution is 5.94. The van der Waals surface area contributed by atoms with E-state index in [1.54, 1.807) is 25.8 Å².